The van der Waals surface area contributed by atoms with Gasteiger partial charge in [-0.1, -0.05) is 61.8 Å². The number of nitriles is 1. The highest BCUT2D eigenvalue weighted by atomic mass is 16.5. The number of aromatic nitrogens is 2. The van der Waals surface area contributed by atoms with Gasteiger partial charge in [-0.3, -0.25) is 9.78 Å². The molecule has 0 spiro atoms. The first-order chi connectivity index (χ1) is 17.8. The number of rotatable bonds is 5. The zero-order chi connectivity index (χ0) is 29.1. The number of aryl methyl sites for hydroxylation is 2. The Hall–Kier alpha value is -3.66. The molecule has 0 saturated heterocycles. The highest BCUT2D eigenvalue weighted by Crippen LogP contribution is 2.42. The number of nitrogens with two attached hydrogens (primary N) is 1. The van der Waals surface area contributed by atoms with Crippen molar-refractivity contribution in [3.63, 3.8) is 0 Å². The minimum Gasteiger partial charge on any atom is -0.496 e. The van der Waals surface area contributed by atoms with E-state index < -0.39 is 5.91 Å². The van der Waals surface area contributed by atoms with E-state index in [0.717, 1.165) is 5.56 Å². The molecule has 0 atom stereocenters. The average molecular weight is 511 g/mol. The fraction of sp³-hybridized carbons (Fsp3) is 0.467. The van der Waals surface area contributed by atoms with Crippen molar-refractivity contribution in [3.05, 3.63) is 46.8 Å². The van der Waals surface area contributed by atoms with Crippen LogP contribution in [-0.2, 0) is 0 Å². The molecule has 0 unspecified atom stereocenters. The van der Waals surface area contributed by atoms with Gasteiger partial charge >= 0.3 is 0 Å². The van der Waals surface area contributed by atoms with Crippen LogP contribution in [0.5, 0.6) is 11.6 Å². The van der Waals surface area contributed by atoms with E-state index in [1.807, 2.05) is 55.4 Å². The van der Waals surface area contributed by atoms with E-state index in [9.17, 15) is 10.1 Å². The van der Waals surface area contributed by atoms with Gasteiger partial charge < -0.3 is 15.2 Å². The Balaban J connectivity index is 0. The molecule has 0 fully saturated rings. The van der Waals surface area contributed by atoms with Crippen molar-refractivity contribution < 1.29 is 14.3 Å². The molecule has 0 saturated carbocycles. The van der Waals surface area contributed by atoms with Gasteiger partial charge in [-0.05, 0) is 44.5 Å². The van der Waals surface area contributed by atoms with Gasteiger partial charge in [0.25, 0.3) is 5.91 Å². The lowest BCUT2D eigenvalue weighted by Gasteiger charge is -2.18. The topological polar surface area (TPSA) is 111 Å². The molecule has 7 heteroatoms. The summed E-state index contributed by atoms with van der Waals surface area (Å²) in [4.78, 5) is 21.4. The summed E-state index contributed by atoms with van der Waals surface area (Å²) in [5, 5.41) is 9.80. The van der Waals surface area contributed by atoms with Crippen LogP contribution in [0.1, 0.15) is 95.9 Å². The molecule has 2 N–H and O–H groups in total. The van der Waals surface area contributed by atoms with Gasteiger partial charge in [-0.2, -0.15) is 5.26 Å². The molecule has 7 nitrogen and oxygen atoms in total. The number of pyridine rings is 2. The minimum atomic E-state index is -0.614. The highest BCUT2D eigenvalue weighted by Gasteiger charge is 2.25. The Morgan fingerprint density at radius 3 is 2.08 bits per heavy atom. The lowest BCUT2D eigenvalue weighted by Crippen LogP contribution is -2.16. The first-order valence-electron chi connectivity index (χ1n) is 13.1. The number of primary amides is 1. The van der Waals surface area contributed by atoms with Crippen molar-refractivity contribution in [1.82, 2.24) is 9.97 Å². The highest BCUT2D eigenvalue weighted by molar-refractivity contribution is 6.11. The molecule has 0 aliphatic rings. The van der Waals surface area contributed by atoms with Crippen LogP contribution in [0.2, 0.25) is 0 Å². The van der Waals surface area contributed by atoms with Crippen molar-refractivity contribution >= 4 is 16.8 Å². The number of ether oxygens (including phenoxy) is 2. The Bertz CT molecular complexity index is 1150. The smallest absolute Gasteiger partial charge is 0.251 e. The standard InChI is InChI=1S/C21H20N4O3.C3H8.3C2H6/c1-5-28-21-18-17(14-7-6-13(9-22)8-15(14)27-4)16(20(23)26)12(3)25-19(18)11(2)10-24-21;1-3-2;3*1-2/h6-8,10H,5H2,1-4H3,(H2,23,26);3H2,1-2H3;3*1-2H3. The number of hydrogen-bond acceptors (Lipinski definition) is 6. The minimum absolute atomic E-state index is 0.267. The van der Waals surface area contributed by atoms with Crippen molar-refractivity contribution in [1.29, 1.82) is 5.26 Å². The molecule has 0 aliphatic heterocycles. The predicted molar refractivity (Wildman–Crippen MR) is 155 cm³/mol. The number of benzene rings is 1. The van der Waals surface area contributed by atoms with E-state index in [1.54, 1.807) is 31.3 Å². The molecule has 37 heavy (non-hydrogen) atoms. The molecule has 0 aliphatic carbocycles. The van der Waals surface area contributed by atoms with E-state index >= 15 is 0 Å². The van der Waals surface area contributed by atoms with Crippen LogP contribution in [0.4, 0.5) is 0 Å². The number of amides is 1. The molecule has 3 rings (SSSR count). The summed E-state index contributed by atoms with van der Waals surface area (Å²) >= 11 is 0. The number of hydrogen-bond donors (Lipinski definition) is 1. The molecule has 2 heterocycles. The molecule has 1 aromatic carbocycles. The van der Waals surface area contributed by atoms with Gasteiger partial charge in [0.1, 0.15) is 5.75 Å². The van der Waals surface area contributed by atoms with Crippen LogP contribution >= 0.6 is 0 Å². The summed E-state index contributed by atoms with van der Waals surface area (Å²) in [7, 11) is 1.51. The first kappa shape index (κ1) is 35.5. The fourth-order valence-corrected chi connectivity index (χ4v) is 3.26. The van der Waals surface area contributed by atoms with Gasteiger partial charge in [-0.25, -0.2) is 4.98 Å². The van der Waals surface area contributed by atoms with Crippen molar-refractivity contribution in [3.8, 4) is 28.8 Å². The third kappa shape index (κ3) is 9.05. The number of carbonyl (C=O) groups is 1. The third-order valence-electron chi connectivity index (χ3n) is 4.47. The van der Waals surface area contributed by atoms with Crippen LogP contribution in [-0.4, -0.2) is 29.6 Å². The summed E-state index contributed by atoms with van der Waals surface area (Å²) in [5.74, 6) is 0.189. The van der Waals surface area contributed by atoms with Crippen molar-refractivity contribution in [2.75, 3.05) is 13.7 Å². The lowest BCUT2D eigenvalue weighted by molar-refractivity contribution is 0.1000. The first-order valence-corrected chi connectivity index (χ1v) is 13.1. The maximum Gasteiger partial charge on any atom is 0.251 e. The Morgan fingerprint density at radius 2 is 1.62 bits per heavy atom. The maximum absolute atomic E-state index is 12.4. The summed E-state index contributed by atoms with van der Waals surface area (Å²) < 4.78 is 11.2. The quantitative estimate of drug-likeness (QED) is 0.375. The zero-order valence-corrected chi connectivity index (χ0v) is 24.9. The summed E-state index contributed by atoms with van der Waals surface area (Å²) in [6, 6.07) is 7.10. The summed E-state index contributed by atoms with van der Waals surface area (Å²) in [5.41, 5.74) is 9.58. The van der Waals surface area contributed by atoms with E-state index in [-0.39, 0.29) is 5.56 Å². The molecular weight excluding hydrogens is 464 g/mol. The number of carbonyl (C=O) groups excluding carboxylic acids is 1. The molecule has 1 amide bonds. The Kier molecular flexibility index (Phi) is 18.7. The van der Waals surface area contributed by atoms with Gasteiger partial charge in [0.2, 0.25) is 5.88 Å². The molecular formula is C30H46N4O3. The number of fused-ring (bicyclic) bond motifs is 1. The fourth-order valence-electron chi connectivity index (χ4n) is 3.26. The van der Waals surface area contributed by atoms with Crippen LogP contribution in [0.15, 0.2) is 24.4 Å². The van der Waals surface area contributed by atoms with E-state index in [0.29, 0.717) is 51.5 Å². The van der Waals surface area contributed by atoms with Crippen LogP contribution < -0.4 is 15.2 Å². The number of methoxy groups -OCH3 is 1. The van der Waals surface area contributed by atoms with Crippen molar-refractivity contribution in [2.45, 2.75) is 82.6 Å². The van der Waals surface area contributed by atoms with E-state index in [2.05, 4.69) is 29.9 Å². The van der Waals surface area contributed by atoms with Crippen LogP contribution in [0.3, 0.4) is 0 Å². The van der Waals surface area contributed by atoms with Crippen molar-refractivity contribution in [2.24, 2.45) is 5.73 Å². The predicted octanol–water partition coefficient (Wildman–Crippen LogP) is 7.79. The third-order valence-corrected chi connectivity index (χ3v) is 4.47. The summed E-state index contributed by atoms with van der Waals surface area (Å²) in [6.07, 6.45) is 2.93. The second-order valence-electron chi connectivity index (χ2n) is 6.95. The second kappa shape index (κ2) is 19.5. The molecule has 2 aromatic heterocycles. The maximum atomic E-state index is 12.4. The molecule has 0 bridgehead atoms. The lowest BCUT2D eigenvalue weighted by atomic mass is 9.92. The van der Waals surface area contributed by atoms with Gasteiger partial charge in [0.15, 0.2) is 0 Å². The monoisotopic (exact) mass is 510 g/mol. The molecule has 0 radical (unpaired) electrons. The van der Waals surface area contributed by atoms with Crippen LogP contribution in [0.25, 0.3) is 22.0 Å². The Morgan fingerprint density at radius 1 is 1.05 bits per heavy atom. The second-order valence-corrected chi connectivity index (χ2v) is 6.95. The van der Waals surface area contributed by atoms with Crippen LogP contribution in [0, 0.1) is 25.2 Å². The Labute approximate surface area is 224 Å². The summed E-state index contributed by atoms with van der Waals surface area (Å²) in [6.45, 7) is 22.1. The van der Waals surface area contributed by atoms with Gasteiger partial charge in [0, 0.05) is 17.3 Å². The molecule has 3 aromatic rings. The number of nitrogens with zero attached hydrogens (tertiary/aromatic N) is 3. The SMILES string of the molecule is CC.CC.CC.CCC.CCOc1ncc(C)c2nc(C)c(C(N)=O)c(-c3ccc(C#N)cc3OC)c12. The van der Waals surface area contributed by atoms with Gasteiger partial charge in [0.05, 0.1) is 47.5 Å². The van der Waals surface area contributed by atoms with E-state index in [1.165, 1.54) is 13.5 Å². The molecule has 204 valence electrons. The van der Waals surface area contributed by atoms with Gasteiger partial charge in [-0.15, -0.1) is 0 Å². The van der Waals surface area contributed by atoms with E-state index in [4.69, 9.17) is 15.2 Å². The zero-order valence-electron chi connectivity index (χ0n) is 24.9. The normalized spacial score (nSPS) is 8.95. The largest absolute Gasteiger partial charge is 0.496 e. The average Bonchev–Trinajstić information content (AvgIpc) is 2.93.